The highest BCUT2D eigenvalue weighted by Gasteiger charge is 2.18. The molecule has 104 valence electrons. The van der Waals surface area contributed by atoms with Gasteiger partial charge in [-0.3, -0.25) is 4.79 Å². The molecule has 1 fully saturated rings. The number of likely N-dealkylation sites (tertiary alicyclic amines) is 1. The number of amides is 1. The van der Waals surface area contributed by atoms with Gasteiger partial charge in [0.1, 0.15) is 12.1 Å². The summed E-state index contributed by atoms with van der Waals surface area (Å²) in [6.07, 6.45) is 4.30. The molecule has 1 aromatic rings. The van der Waals surface area contributed by atoms with Gasteiger partial charge in [-0.2, -0.15) is 0 Å². The lowest BCUT2D eigenvalue weighted by Gasteiger charge is -2.29. The molecule has 0 N–H and O–H groups in total. The van der Waals surface area contributed by atoms with Crippen molar-refractivity contribution in [3.8, 4) is 5.88 Å². The highest BCUT2D eigenvalue weighted by molar-refractivity contribution is 5.76. The number of carbonyl (C=O) groups is 1. The average molecular weight is 264 g/mol. The molecule has 0 saturated carbocycles. The number of aromatic nitrogens is 2. The quantitative estimate of drug-likeness (QED) is 0.792. The molecule has 2 rings (SSSR count). The Labute approximate surface area is 113 Å². The first kappa shape index (κ1) is 13.6. The number of carbonyl (C=O) groups excluding carboxylic acids is 1. The maximum atomic E-state index is 11.7. The molecule has 6 nitrogen and oxygen atoms in total. The summed E-state index contributed by atoms with van der Waals surface area (Å²) in [4.78, 5) is 23.8. The van der Waals surface area contributed by atoms with Gasteiger partial charge in [-0.15, -0.1) is 0 Å². The van der Waals surface area contributed by atoms with E-state index in [1.807, 2.05) is 16.8 Å². The molecule has 1 aliphatic heterocycles. The Balaban J connectivity index is 1.89. The molecule has 1 aliphatic rings. The maximum absolute atomic E-state index is 11.7. The number of anilines is 1. The molecule has 0 spiro atoms. The fourth-order valence-electron chi connectivity index (χ4n) is 2.13. The monoisotopic (exact) mass is 264 g/mol. The molecule has 1 aromatic heterocycles. The SMILES string of the molecule is COc1cc(N(C)CCN2CCCCC2=O)ncn1. The molecule has 0 unspecified atom stereocenters. The van der Waals surface area contributed by atoms with Crippen LogP contribution in [0.4, 0.5) is 5.82 Å². The number of methoxy groups -OCH3 is 1. The lowest BCUT2D eigenvalue weighted by Crippen LogP contribution is -2.40. The van der Waals surface area contributed by atoms with Gasteiger partial charge in [-0.05, 0) is 12.8 Å². The Morgan fingerprint density at radius 2 is 2.26 bits per heavy atom. The predicted molar refractivity (Wildman–Crippen MR) is 72.3 cm³/mol. The van der Waals surface area contributed by atoms with Crippen LogP contribution in [0.2, 0.25) is 0 Å². The van der Waals surface area contributed by atoms with Gasteiger partial charge in [-0.1, -0.05) is 0 Å². The topological polar surface area (TPSA) is 58.6 Å². The molecule has 6 heteroatoms. The Morgan fingerprint density at radius 3 is 3.00 bits per heavy atom. The van der Waals surface area contributed by atoms with Crippen molar-refractivity contribution < 1.29 is 9.53 Å². The van der Waals surface area contributed by atoms with Crippen LogP contribution in [0.1, 0.15) is 19.3 Å². The first-order valence-corrected chi connectivity index (χ1v) is 6.55. The zero-order valence-electron chi connectivity index (χ0n) is 11.5. The van der Waals surface area contributed by atoms with Crippen molar-refractivity contribution in [2.24, 2.45) is 0 Å². The summed E-state index contributed by atoms with van der Waals surface area (Å²) in [5.74, 6) is 1.61. The van der Waals surface area contributed by atoms with E-state index in [9.17, 15) is 4.79 Å². The van der Waals surface area contributed by atoms with E-state index in [4.69, 9.17) is 4.74 Å². The third-order valence-corrected chi connectivity index (χ3v) is 3.35. The van der Waals surface area contributed by atoms with Gasteiger partial charge in [0.05, 0.1) is 7.11 Å². The second-order valence-corrected chi connectivity index (χ2v) is 4.68. The number of hydrogen-bond acceptors (Lipinski definition) is 5. The molecule has 0 atom stereocenters. The van der Waals surface area contributed by atoms with Crippen molar-refractivity contribution in [2.75, 3.05) is 38.7 Å². The van der Waals surface area contributed by atoms with Gasteiger partial charge in [-0.25, -0.2) is 9.97 Å². The summed E-state index contributed by atoms with van der Waals surface area (Å²) < 4.78 is 5.07. The van der Waals surface area contributed by atoms with Gasteiger partial charge in [0, 0.05) is 39.2 Å². The van der Waals surface area contributed by atoms with Crippen molar-refractivity contribution in [2.45, 2.75) is 19.3 Å². The minimum atomic E-state index is 0.264. The first-order valence-electron chi connectivity index (χ1n) is 6.55. The molecule has 0 aromatic carbocycles. The van der Waals surface area contributed by atoms with Crippen LogP contribution in [0, 0.1) is 0 Å². The standard InChI is InChI=1S/C13H20N4O2/c1-16(11-9-12(19-2)15-10-14-11)7-8-17-6-4-3-5-13(17)18/h9-10H,3-8H2,1-2H3. The number of ether oxygens (including phenoxy) is 1. The van der Waals surface area contributed by atoms with Gasteiger partial charge in [0.25, 0.3) is 0 Å². The summed E-state index contributed by atoms with van der Waals surface area (Å²) in [5.41, 5.74) is 0. The van der Waals surface area contributed by atoms with Crippen molar-refractivity contribution in [1.29, 1.82) is 0 Å². The van der Waals surface area contributed by atoms with Crippen molar-refractivity contribution >= 4 is 11.7 Å². The van der Waals surface area contributed by atoms with E-state index in [0.717, 1.165) is 38.3 Å². The highest BCUT2D eigenvalue weighted by atomic mass is 16.5. The van der Waals surface area contributed by atoms with E-state index in [0.29, 0.717) is 12.3 Å². The van der Waals surface area contributed by atoms with E-state index < -0.39 is 0 Å². The number of nitrogens with zero attached hydrogens (tertiary/aromatic N) is 4. The van der Waals surface area contributed by atoms with Crippen LogP contribution >= 0.6 is 0 Å². The van der Waals surface area contributed by atoms with Crippen LogP contribution in [-0.4, -0.2) is 54.6 Å². The van der Waals surface area contributed by atoms with Gasteiger partial charge in [0.2, 0.25) is 11.8 Å². The molecule has 0 radical (unpaired) electrons. The van der Waals surface area contributed by atoms with E-state index in [-0.39, 0.29) is 5.91 Å². The fraction of sp³-hybridized carbons (Fsp3) is 0.615. The van der Waals surface area contributed by atoms with Crippen molar-refractivity contribution in [1.82, 2.24) is 14.9 Å². The lowest BCUT2D eigenvalue weighted by molar-refractivity contribution is -0.133. The summed E-state index contributed by atoms with van der Waals surface area (Å²) in [6, 6.07) is 1.79. The molecule has 0 aliphatic carbocycles. The van der Waals surface area contributed by atoms with Gasteiger partial charge >= 0.3 is 0 Å². The van der Waals surface area contributed by atoms with E-state index in [1.54, 1.807) is 13.2 Å². The molecular weight excluding hydrogens is 244 g/mol. The van der Waals surface area contributed by atoms with Crippen LogP contribution in [0.3, 0.4) is 0 Å². The van der Waals surface area contributed by atoms with Crippen LogP contribution < -0.4 is 9.64 Å². The average Bonchev–Trinajstić information content (AvgIpc) is 2.46. The second kappa shape index (κ2) is 6.36. The summed E-state index contributed by atoms with van der Waals surface area (Å²) in [6.45, 7) is 2.37. The van der Waals surface area contributed by atoms with E-state index in [1.165, 1.54) is 6.33 Å². The Bertz CT molecular complexity index is 438. The summed E-state index contributed by atoms with van der Waals surface area (Å²) in [7, 11) is 3.54. The molecule has 2 heterocycles. The number of piperidine rings is 1. The number of likely N-dealkylation sites (N-methyl/N-ethyl adjacent to an activating group) is 1. The van der Waals surface area contributed by atoms with Gasteiger partial charge in [0.15, 0.2) is 0 Å². The fourth-order valence-corrected chi connectivity index (χ4v) is 2.13. The molecule has 0 bridgehead atoms. The highest BCUT2D eigenvalue weighted by Crippen LogP contribution is 2.15. The smallest absolute Gasteiger partial charge is 0.222 e. The second-order valence-electron chi connectivity index (χ2n) is 4.68. The maximum Gasteiger partial charge on any atom is 0.222 e. The van der Waals surface area contributed by atoms with Crippen LogP contribution in [0.25, 0.3) is 0 Å². The van der Waals surface area contributed by atoms with Crippen LogP contribution in [0.5, 0.6) is 5.88 Å². The van der Waals surface area contributed by atoms with E-state index >= 15 is 0 Å². The minimum Gasteiger partial charge on any atom is -0.481 e. The zero-order valence-corrected chi connectivity index (χ0v) is 11.5. The number of hydrogen-bond donors (Lipinski definition) is 0. The zero-order chi connectivity index (χ0) is 13.7. The Hall–Kier alpha value is -1.85. The van der Waals surface area contributed by atoms with E-state index in [2.05, 4.69) is 9.97 Å². The normalized spacial score (nSPS) is 15.5. The molecular formula is C13H20N4O2. The third-order valence-electron chi connectivity index (χ3n) is 3.35. The third kappa shape index (κ3) is 3.56. The predicted octanol–water partition coefficient (Wildman–Crippen LogP) is 0.934. The Morgan fingerprint density at radius 1 is 1.42 bits per heavy atom. The van der Waals surface area contributed by atoms with Crippen LogP contribution in [0.15, 0.2) is 12.4 Å². The molecule has 19 heavy (non-hydrogen) atoms. The largest absolute Gasteiger partial charge is 0.481 e. The van der Waals surface area contributed by atoms with Crippen LogP contribution in [-0.2, 0) is 4.79 Å². The molecule has 1 saturated heterocycles. The van der Waals surface area contributed by atoms with Crippen molar-refractivity contribution in [3.63, 3.8) is 0 Å². The molecule has 1 amide bonds. The summed E-state index contributed by atoms with van der Waals surface area (Å²) >= 11 is 0. The minimum absolute atomic E-state index is 0.264. The lowest BCUT2D eigenvalue weighted by atomic mass is 10.1. The number of rotatable bonds is 5. The first-order chi connectivity index (χ1) is 9.20. The Kier molecular flexibility index (Phi) is 4.54. The van der Waals surface area contributed by atoms with Crippen molar-refractivity contribution in [3.05, 3.63) is 12.4 Å². The van der Waals surface area contributed by atoms with Gasteiger partial charge < -0.3 is 14.5 Å². The summed E-state index contributed by atoms with van der Waals surface area (Å²) in [5, 5.41) is 0.